The van der Waals surface area contributed by atoms with Crippen molar-refractivity contribution in [1.82, 2.24) is 20.0 Å². The molecule has 0 spiro atoms. The van der Waals surface area contributed by atoms with Gasteiger partial charge in [0.15, 0.2) is 5.54 Å². The van der Waals surface area contributed by atoms with Gasteiger partial charge in [-0.2, -0.15) is 21.0 Å². The first-order chi connectivity index (χ1) is 19.6. The minimum Gasteiger partial charge on any atom is -0.383 e. The summed E-state index contributed by atoms with van der Waals surface area (Å²) in [4.78, 5) is 4.59. The van der Waals surface area contributed by atoms with Crippen molar-refractivity contribution in [3.05, 3.63) is 75.7 Å². The van der Waals surface area contributed by atoms with Gasteiger partial charge in [-0.15, -0.1) is 5.10 Å². The number of anilines is 2. The van der Waals surface area contributed by atoms with E-state index < -0.39 is 11.6 Å². The number of hydrogen-bond donors (Lipinski definition) is 2. The predicted octanol–water partition coefficient (Wildman–Crippen LogP) is 5.77. The third kappa shape index (κ3) is 5.22. The minimum absolute atomic E-state index is 0.0714. The maximum absolute atomic E-state index is 9.91. The summed E-state index contributed by atoms with van der Waals surface area (Å²) < 4.78 is 1.56. The van der Waals surface area contributed by atoms with E-state index in [1.165, 1.54) is 6.20 Å². The molecule has 0 bridgehead atoms. The highest BCUT2D eigenvalue weighted by Crippen LogP contribution is 2.43. The quantitative estimate of drug-likeness (QED) is 0.285. The number of benzene rings is 2. The molecule has 1 saturated carbocycles. The van der Waals surface area contributed by atoms with E-state index in [4.69, 9.17) is 11.6 Å². The minimum atomic E-state index is -0.718. The molecular formula is C30H25ClN10. The highest BCUT2D eigenvalue weighted by molar-refractivity contribution is 6.32. The van der Waals surface area contributed by atoms with Gasteiger partial charge in [-0.1, -0.05) is 49.7 Å². The van der Waals surface area contributed by atoms with Crippen LogP contribution in [0.4, 0.5) is 11.4 Å². The van der Waals surface area contributed by atoms with Gasteiger partial charge >= 0.3 is 0 Å². The molecule has 1 aliphatic rings. The fourth-order valence-corrected chi connectivity index (χ4v) is 4.84. The summed E-state index contributed by atoms with van der Waals surface area (Å²) in [7, 11) is 0. The van der Waals surface area contributed by atoms with Crippen LogP contribution in [0.2, 0.25) is 5.02 Å². The second-order valence-corrected chi connectivity index (χ2v) is 11.6. The van der Waals surface area contributed by atoms with Gasteiger partial charge < -0.3 is 10.6 Å². The normalized spacial score (nSPS) is 14.2. The van der Waals surface area contributed by atoms with E-state index in [2.05, 4.69) is 71.0 Å². The average molecular weight is 561 g/mol. The standard InChI is InChI=1S/C30H25ClN10/c1-29(2,3)17-37-26-20(13-34)14-36-27-22(26)9-18(11-32)10-23(27)38-28(21-6-4-5-19(12-33)25(21)31)24-15-41(40-39-24)30(16-35)7-8-30/h4-6,9-10,14-15,28,38H,7-8,17H2,1-3H3,(H,36,37)/t28-/m0/s1. The molecule has 0 amide bonds. The molecule has 0 saturated heterocycles. The number of rotatable bonds is 7. The van der Waals surface area contributed by atoms with Crippen molar-refractivity contribution in [3.8, 4) is 24.3 Å². The van der Waals surface area contributed by atoms with Gasteiger partial charge in [0.05, 0.1) is 63.0 Å². The van der Waals surface area contributed by atoms with Crippen LogP contribution in [0.1, 0.15) is 67.6 Å². The molecule has 202 valence electrons. The van der Waals surface area contributed by atoms with Crippen molar-refractivity contribution < 1.29 is 0 Å². The highest BCUT2D eigenvalue weighted by Gasteiger charge is 2.47. The lowest BCUT2D eigenvalue weighted by Crippen LogP contribution is -2.20. The number of nitrogens with zero attached hydrogens (tertiary/aromatic N) is 8. The van der Waals surface area contributed by atoms with E-state index in [1.54, 1.807) is 41.2 Å². The van der Waals surface area contributed by atoms with Crippen LogP contribution in [0.5, 0.6) is 0 Å². The van der Waals surface area contributed by atoms with Crippen LogP contribution in [0, 0.1) is 50.7 Å². The second-order valence-electron chi connectivity index (χ2n) is 11.2. The fourth-order valence-electron chi connectivity index (χ4n) is 4.56. The van der Waals surface area contributed by atoms with E-state index in [0.29, 0.717) is 69.6 Å². The molecule has 4 aromatic rings. The number of fused-ring (bicyclic) bond motifs is 1. The summed E-state index contributed by atoms with van der Waals surface area (Å²) in [6.07, 6.45) is 4.57. The number of halogens is 1. The van der Waals surface area contributed by atoms with Gasteiger partial charge in [0, 0.05) is 23.7 Å². The lowest BCUT2D eigenvalue weighted by molar-refractivity contribution is 0.443. The molecule has 2 aromatic heterocycles. The molecule has 2 N–H and O–H groups in total. The lowest BCUT2D eigenvalue weighted by Gasteiger charge is -2.23. The lowest BCUT2D eigenvalue weighted by atomic mass is 9.96. The molecule has 1 atom stereocenters. The van der Waals surface area contributed by atoms with E-state index in [0.717, 1.165) is 0 Å². The molecule has 0 aliphatic heterocycles. The van der Waals surface area contributed by atoms with Crippen LogP contribution in [-0.4, -0.2) is 26.5 Å². The van der Waals surface area contributed by atoms with Crippen molar-refractivity contribution in [2.24, 2.45) is 5.41 Å². The van der Waals surface area contributed by atoms with Gasteiger partial charge in [-0.25, -0.2) is 4.68 Å². The molecule has 0 radical (unpaired) electrons. The van der Waals surface area contributed by atoms with Gasteiger partial charge in [-0.3, -0.25) is 4.98 Å². The molecule has 10 nitrogen and oxygen atoms in total. The van der Waals surface area contributed by atoms with Gasteiger partial charge in [-0.05, 0) is 36.5 Å². The van der Waals surface area contributed by atoms with Gasteiger partial charge in [0.1, 0.15) is 17.8 Å². The molecule has 1 fully saturated rings. The summed E-state index contributed by atoms with van der Waals surface area (Å²) >= 11 is 6.70. The van der Waals surface area contributed by atoms with Crippen molar-refractivity contribution in [2.75, 3.05) is 17.2 Å². The summed E-state index contributed by atoms with van der Waals surface area (Å²) in [5.41, 5.74) is 2.87. The first kappa shape index (κ1) is 27.4. The monoisotopic (exact) mass is 560 g/mol. The Labute approximate surface area is 242 Å². The molecule has 2 aromatic carbocycles. The summed E-state index contributed by atoms with van der Waals surface area (Å²) in [6, 6.07) is 16.6. The zero-order valence-corrected chi connectivity index (χ0v) is 23.5. The number of nitriles is 4. The van der Waals surface area contributed by atoms with Crippen molar-refractivity contribution >= 4 is 33.9 Å². The van der Waals surface area contributed by atoms with Crippen LogP contribution in [0.3, 0.4) is 0 Å². The van der Waals surface area contributed by atoms with Crippen molar-refractivity contribution in [2.45, 2.75) is 45.2 Å². The van der Waals surface area contributed by atoms with E-state index in [-0.39, 0.29) is 10.4 Å². The number of nitrogens with one attached hydrogen (secondary N) is 2. The smallest absolute Gasteiger partial charge is 0.150 e. The Balaban J connectivity index is 1.69. The van der Waals surface area contributed by atoms with Crippen LogP contribution in [-0.2, 0) is 5.54 Å². The molecule has 2 heterocycles. The van der Waals surface area contributed by atoms with Gasteiger partial charge in [0.25, 0.3) is 0 Å². The third-order valence-corrected chi connectivity index (χ3v) is 7.38. The van der Waals surface area contributed by atoms with Crippen molar-refractivity contribution in [3.63, 3.8) is 0 Å². The summed E-state index contributed by atoms with van der Waals surface area (Å²) in [6.45, 7) is 6.83. The Kier molecular flexibility index (Phi) is 6.97. The maximum atomic E-state index is 9.91. The largest absolute Gasteiger partial charge is 0.383 e. The number of aromatic nitrogens is 4. The first-order valence-corrected chi connectivity index (χ1v) is 13.3. The molecule has 0 unspecified atom stereocenters. The Morgan fingerprint density at radius 1 is 1.07 bits per heavy atom. The third-order valence-electron chi connectivity index (χ3n) is 6.95. The Bertz CT molecular complexity index is 1840. The zero-order chi connectivity index (χ0) is 29.4. The van der Waals surface area contributed by atoms with Crippen LogP contribution in [0.15, 0.2) is 42.7 Å². The van der Waals surface area contributed by atoms with E-state index in [1.807, 2.05) is 0 Å². The average Bonchev–Trinajstić information content (AvgIpc) is 3.61. The number of hydrogen-bond acceptors (Lipinski definition) is 9. The Morgan fingerprint density at radius 3 is 2.46 bits per heavy atom. The van der Waals surface area contributed by atoms with Crippen LogP contribution >= 0.6 is 11.6 Å². The molecule has 11 heteroatoms. The topological polar surface area (TPSA) is 163 Å². The predicted molar refractivity (Wildman–Crippen MR) is 154 cm³/mol. The van der Waals surface area contributed by atoms with E-state index >= 15 is 0 Å². The Hall–Kier alpha value is -5.16. The van der Waals surface area contributed by atoms with Crippen LogP contribution in [0.25, 0.3) is 10.9 Å². The maximum Gasteiger partial charge on any atom is 0.150 e. The van der Waals surface area contributed by atoms with Crippen molar-refractivity contribution in [1.29, 1.82) is 21.0 Å². The summed E-state index contributed by atoms with van der Waals surface area (Å²) in [5.74, 6) is 0. The van der Waals surface area contributed by atoms with E-state index in [9.17, 15) is 21.0 Å². The molecule has 1 aliphatic carbocycles. The summed E-state index contributed by atoms with van der Waals surface area (Å²) in [5, 5.41) is 55.4. The molecule has 5 rings (SSSR count). The Morgan fingerprint density at radius 2 is 1.83 bits per heavy atom. The zero-order valence-electron chi connectivity index (χ0n) is 22.7. The number of pyridine rings is 1. The van der Waals surface area contributed by atoms with Gasteiger partial charge in [0.2, 0.25) is 0 Å². The van der Waals surface area contributed by atoms with Crippen LogP contribution < -0.4 is 10.6 Å². The fraction of sp³-hybridized carbons (Fsp3) is 0.300. The highest BCUT2D eigenvalue weighted by atomic mass is 35.5. The molecule has 41 heavy (non-hydrogen) atoms. The first-order valence-electron chi connectivity index (χ1n) is 12.9. The molecular weight excluding hydrogens is 536 g/mol. The second kappa shape index (κ2) is 10.4. The SMILES string of the molecule is CC(C)(C)CNc1c(C#N)cnc2c(N[C@H](c3cn(C4(C#N)CC4)nn3)c3cccc(C#N)c3Cl)cc(C#N)cc12.